The van der Waals surface area contributed by atoms with Crippen molar-refractivity contribution in [2.45, 2.75) is 6.92 Å². The summed E-state index contributed by atoms with van der Waals surface area (Å²) in [7, 11) is 0. The molecule has 0 fully saturated rings. The maximum absolute atomic E-state index is 12.4. The predicted octanol–water partition coefficient (Wildman–Crippen LogP) is 4.21. The summed E-state index contributed by atoms with van der Waals surface area (Å²) in [4.78, 5) is 20.9. The van der Waals surface area contributed by atoms with Crippen LogP contribution in [0, 0.1) is 6.92 Å². The van der Waals surface area contributed by atoms with Crippen LogP contribution < -0.4 is 20.1 Å². The van der Waals surface area contributed by atoms with E-state index in [1.165, 1.54) is 12.4 Å². The highest BCUT2D eigenvalue weighted by Gasteiger charge is 2.14. The molecule has 0 atom stereocenters. The van der Waals surface area contributed by atoms with E-state index in [0.717, 1.165) is 11.3 Å². The first-order valence-electron chi connectivity index (χ1n) is 8.65. The third-order valence-electron chi connectivity index (χ3n) is 4.23. The van der Waals surface area contributed by atoms with Gasteiger partial charge in [-0.2, -0.15) is 0 Å². The van der Waals surface area contributed by atoms with Gasteiger partial charge in [0.2, 0.25) is 5.95 Å². The molecule has 1 aliphatic heterocycles. The first-order chi connectivity index (χ1) is 13.6. The molecule has 28 heavy (non-hydrogen) atoms. The number of carbonyl (C=O) groups is 1. The van der Waals surface area contributed by atoms with Crippen LogP contribution in [-0.2, 0) is 0 Å². The molecule has 1 aliphatic rings. The van der Waals surface area contributed by atoms with Gasteiger partial charge < -0.3 is 20.1 Å². The van der Waals surface area contributed by atoms with Crippen LogP contribution in [0.5, 0.6) is 11.5 Å². The Balaban J connectivity index is 1.45. The number of anilines is 3. The van der Waals surface area contributed by atoms with E-state index in [4.69, 9.17) is 21.1 Å². The standard InChI is InChI=1S/C20H17ClN4O3/c1-12-15(21)3-2-4-16(12)25-20-22-10-13(11-23-20)19(26)24-14-5-6-17-18(9-14)28-8-7-27-17/h2-6,9-11H,7-8H2,1H3,(H,24,26)(H,22,23,25). The number of nitrogens with one attached hydrogen (secondary N) is 2. The lowest BCUT2D eigenvalue weighted by Crippen LogP contribution is -2.16. The molecule has 0 radical (unpaired) electrons. The van der Waals surface area contributed by atoms with E-state index in [2.05, 4.69) is 20.6 Å². The Labute approximate surface area is 166 Å². The summed E-state index contributed by atoms with van der Waals surface area (Å²) in [6.07, 6.45) is 2.92. The first-order valence-corrected chi connectivity index (χ1v) is 9.03. The molecule has 2 N–H and O–H groups in total. The second-order valence-corrected chi connectivity index (χ2v) is 6.55. The molecule has 8 heteroatoms. The monoisotopic (exact) mass is 396 g/mol. The fourth-order valence-electron chi connectivity index (χ4n) is 2.70. The molecule has 2 heterocycles. The van der Waals surface area contributed by atoms with Gasteiger partial charge in [-0.15, -0.1) is 0 Å². The first kappa shape index (κ1) is 18.1. The van der Waals surface area contributed by atoms with Gasteiger partial charge in [0.05, 0.1) is 5.56 Å². The van der Waals surface area contributed by atoms with Crippen molar-refractivity contribution in [2.24, 2.45) is 0 Å². The van der Waals surface area contributed by atoms with Crippen LogP contribution >= 0.6 is 11.6 Å². The lowest BCUT2D eigenvalue weighted by molar-refractivity contribution is 0.102. The van der Waals surface area contributed by atoms with E-state index >= 15 is 0 Å². The minimum atomic E-state index is -0.317. The van der Waals surface area contributed by atoms with E-state index in [1.54, 1.807) is 18.2 Å². The van der Waals surface area contributed by atoms with Gasteiger partial charge in [-0.1, -0.05) is 17.7 Å². The summed E-state index contributed by atoms with van der Waals surface area (Å²) >= 11 is 6.12. The van der Waals surface area contributed by atoms with Crippen molar-refractivity contribution in [1.29, 1.82) is 0 Å². The second kappa shape index (κ2) is 7.74. The summed E-state index contributed by atoms with van der Waals surface area (Å²) in [6, 6.07) is 10.8. The molecule has 1 aromatic heterocycles. The Morgan fingerprint density at radius 2 is 1.82 bits per heavy atom. The molecule has 0 spiro atoms. The van der Waals surface area contributed by atoms with E-state index in [9.17, 15) is 4.79 Å². The lowest BCUT2D eigenvalue weighted by atomic mass is 10.2. The highest BCUT2D eigenvalue weighted by atomic mass is 35.5. The highest BCUT2D eigenvalue weighted by Crippen LogP contribution is 2.32. The predicted molar refractivity (Wildman–Crippen MR) is 107 cm³/mol. The SMILES string of the molecule is Cc1c(Cl)cccc1Nc1ncc(C(=O)Nc2ccc3c(c2)OCCO3)cn1. The third kappa shape index (κ3) is 3.84. The third-order valence-corrected chi connectivity index (χ3v) is 4.64. The number of ether oxygens (including phenoxy) is 2. The number of nitrogens with zero attached hydrogens (tertiary/aromatic N) is 2. The zero-order chi connectivity index (χ0) is 19.5. The van der Waals surface area contributed by atoms with Crippen LogP contribution in [0.25, 0.3) is 0 Å². The molecule has 1 amide bonds. The van der Waals surface area contributed by atoms with Crippen LogP contribution in [0.3, 0.4) is 0 Å². The van der Waals surface area contributed by atoms with Crippen LogP contribution in [0.1, 0.15) is 15.9 Å². The van der Waals surface area contributed by atoms with Crippen LogP contribution in [0.4, 0.5) is 17.3 Å². The Morgan fingerprint density at radius 1 is 1.07 bits per heavy atom. The zero-order valence-corrected chi connectivity index (χ0v) is 15.8. The number of fused-ring (bicyclic) bond motifs is 1. The van der Waals surface area contributed by atoms with E-state index in [0.29, 0.717) is 46.9 Å². The molecule has 0 saturated heterocycles. The fourth-order valence-corrected chi connectivity index (χ4v) is 2.87. The second-order valence-electron chi connectivity index (χ2n) is 6.15. The number of aromatic nitrogens is 2. The fraction of sp³-hybridized carbons (Fsp3) is 0.150. The topological polar surface area (TPSA) is 85.4 Å². The van der Waals surface area contributed by atoms with Gasteiger partial charge >= 0.3 is 0 Å². The van der Waals surface area contributed by atoms with Gasteiger partial charge in [0.1, 0.15) is 13.2 Å². The average molecular weight is 397 g/mol. The smallest absolute Gasteiger partial charge is 0.258 e. The van der Waals surface area contributed by atoms with Crippen LogP contribution in [0.2, 0.25) is 5.02 Å². The van der Waals surface area contributed by atoms with Crippen molar-refractivity contribution < 1.29 is 14.3 Å². The molecule has 4 rings (SSSR count). The van der Waals surface area contributed by atoms with Crippen molar-refractivity contribution in [2.75, 3.05) is 23.8 Å². The number of rotatable bonds is 4. The van der Waals surface area contributed by atoms with Crippen LogP contribution in [-0.4, -0.2) is 29.1 Å². The molecule has 0 bridgehead atoms. The Hall–Kier alpha value is -3.32. The molecule has 0 saturated carbocycles. The molecule has 142 valence electrons. The van der Waals surface area contributed by atoms with Crippen molar-refractivity contribution in [3.05, 3.63) is 64.9 Å². The minimum Gasteiger partial charge on any atom is -0.486 e. The summed E-state index contributed by atoms with van der Waals surface area (Å²) < 4.78 is 11.0. The van der Waals surface area contributed by atoms with Gasteiger partial charge in [0.15, 0.2) is 11.5 Å². The largest absolute Gasteiger partial charge is 0.486 e. The minimum absolute atomic E-state index is 0.317. The zero-order valence-electron chi connectivity index (χ0n) is 15.0. The number of hydrogen-bond donors (Lipinski definition) is 2. The molecular formula is C20H17ClN4O3. The van der Waals surface area contributed by atoms with Gasteiger partial charge in [0, 0.05) is 34.9 Å². The van der Waals surface area contributed by atoms with E-state index < -0.39 is 0 Å². The van der Waals surface area contributed by atoms with E-state index in [-0.39, 0.29) is 5.91 Å². The van der Waals surface area contributed by atoms with E-state index in [1.807, 2.05) is 25.1 Å². The van der Waals surface area contributed by atoms with Gasteiger partial charge in [-0.25, -0.2) is 9.97 Å². The summed E-state index contributed by atoms with van der Waals surface area (Å²) in [5.74, 6) is 1.33. The van der Waals surface area contributed by atoms with Crippen molar-refractivity contribution in [3.8, 4) is 11.5 Å². The summed E-state index contributed by atoms with van der Waals surface area (Å²) in [5.41, 5.74) is 2.64. The highest BCUT2D eigenvalue weighted by molar-refractivity contribution is 6.31. The maximum atomic E-state index is 12.4. The van der Waals surface area contributed by atoms with Crippen molar-refractivity contribution in [1.82, 2.24) is 9.97 Å². The lowest BCUT2D eigenvalue weighted by Gasteiger charge is -2.19. The number of carbonyl (C=O) groups excluding carboxylic acids is 1. The van der Waals surface area contributed by atoms with Gasteiger partial charge in [-0.05, 0) is 36.8 Å². The quantitative estimate of drug-likeness (QED) is 0.687. The Morgan fingerprint density at radius 3 is 2.61 bits per heavy atom. The maximum Gasteiger partial charge on any atom is 0.258 e. The average Bonchev–Trinajstić information content (AvgIpc) is 2.72. The molecule has 2 aromatic carbocycles. The van der Waals surface area contributed by atoms with Crippen molar-refractivity contribution >= 4 is 34.8 Å². The number of amides is 1. The molecule has 7 nitrogen and oxygen atoms in total. The van der Waals surface area contributed by atoms with Crippen LogP contribution in [0.15, 0.2) is 48.8 Å². The Kier molecular flexibility index (Phi) is 4.99. The normalized spacial score (nSPS) is 12.4. The molecule has 0 aliphatic carbocycles. The molecular weight excluding hydrogens is 380 g/mol. The number of halogens is 1. The van der Waals surface area contributed by atoms with Gasteiger partial charge in [-0.3, -0.25) is 4.79 Å². The summed E-state index contributed by atoms with van der Waals surface area (Å²) in [5, 5.41) is 6.55. The number of hydrogen-bond acceptors (Lipinski definition) is 6. The van der Waals surface area contributed by atoms with Gasteiger partial charge in [0.25, 0.3) is 5.91 Å². The summed E-state index contributed by atoms with van der Waals surface area (Å²) in [6.45, 7) is 2.91. The molecule has 3 aromatic rings. The van der Waals surface area contributed by atoms with Crippen molar-refractivity contribution in [3.63, 3.8) is 0 Å². The molecule has 0 unspecified atom stereocenters. The Bertz CT molecular complexity index is 1020. The number of benzene rings is 2.